The summed E-state index contributed by atoms with van der Waals surface area (Å²) in [5, 5.41) is 13.4. The van der Waals surface area contributed by atoms with Crippen molar-refractivity contribution in [1.82, 2.24) is 19.7 Å². The number of pyridine rings is 1. The Hall–Kier alpha value is -2.21. The second kappa shape index (κ2) is 5.42. The molecule has 3 heterocycles. The van der Waals surface area contributed by atoms with Gasteiger partial charge in [0.05, 0.1) is 37.5 Å². The molecule has 20 heavy (non-hydrogen) atoms. The summed E-state index contributed by atoms with van der Waals surface area (Å²) >= 11 is 0. The number of hydrogen-bond acceptors (Lipinski definition) is 4. The normalized spacial score (nSPS) is 14.2. The average molecular weight is 272 g/mol. The van der Waals surface area contributed by atoms with Gasteiger partial charge in [-0.25, -0.2) is 0 Å². The minimum absolute atomic E-state index is 0.0658. The Morgan fingerprint density at radius 3 is 3.05 bits per heavy atom. The molecular formula is C14H16N4O2. The lowest BCUT2D eigenvalue weighted by Gasteiger charge is -2.27. The van der Waals surface area contributed by atoms with Crippen LogP contribution in [0.5, 0.6) is 0 Å². The van der Waals surface area contributed by atoms with Crippen molar-refractivity contribution in [1.29, 1.82) is 0 Å². The summed E-state index contributed by atoms with van der Waals surface area (Å²) in [6.45, 7) is 1.81. The summed E-state index contributed by atoms with van der Waals surface area (Å²) in [7, 11) is 0. The van der Waals surface area contributed by atoms with E-state index >= 15 is 0 Å². The lowest BCUT2D eigenvalue weighted by molar-refractivity contribution is -0.132. The first-order chi connectivity index (χ1) is 9.76. The number of carbonyl (C=O) groups excluding carboxylic acids is 1. The van der Waals surface area contributed by atoms with E-state index in [1.165, 1.54) is 0 Å². The number of aliphatic hydroxyl groups excluding tert-OH is 1. The van der Waals surface area contributed by atoms with Gasteiger partial charge in [-0.05, 0) is 17.7 Å². The van der Waals surface area contributed by atoms with Gasteiger partial charge in [0.25, 0.3) is 0 Å². The molecule has 0 radical (unpaired) electrons. The van der Waals surface area contributed by atoms with Crippen LogP contribution in [0.4, 0.5) is 0 Å². The molecule has 1 amide bonds. The van der Waals surface area contributed by atoms with Gasteiger partial charge in [0.15, 0.2) is 0 Å². The highest BCUT2D eigenvalue weighted by molar-refractivity contribution is 5.78. The maximum absolute atomic E-state index is 12.3. The first kappa shape index (κ1) is 12.8. The van der Waals surface area contributed by atoms with E-state index < -0.39 is 0 Å². The first-order valence-corrected chi connectivity index (χ1v) is 6.59. The zero-order valence-electron chi connectivity index (χ0n) is 11.1. The third kappa shape index (κ3) is 2.55. The number of carbonyl (C=O) groups is 1. The summed E-state index contributed by atoms with van der Waals surface area (Å²) in [4.78, 5) is 18.1. The molecule has 6 nitrogen and oxygen atoms in total. The van der Waals surface area contributed by atoms with Crippen LogP contribution >= 0.6 is 0 Å². The fourth-order valence-electron chi connectivity index (χ4n) is 2.41. The zero-order valence-corrected chi connectivity index (χ0v) is 11.1. The molecule has 0 saturated carbocycles. The van der Waals surface area contributed by atoms with Crippen molar-refractivity contribution in [2.75, 3.05) is 6.54 Å². The molecule has 3 rings (SSSR count). The van der Waals surface area contributed by atoms with Gasteiger partial charge >= 0.3 is 0 Å². The van der Waals surface area contributed by atoms with Crippen LogP contribution in [0.2, 0.25) is 0 Å². The van der Waals surface area contributed by atoms with E-state index in [1.54, 1.807) is 12.4 Å². The van der Waals surface area contributed by atoms with E-state index in [4.69, 9.17) is 5.11 Å². The van der Waals surface area contributed by atoms with Gasteiger partial charge < -0.3 is 10.0 Å². The molecule has 0 unspecified atom stereocenters. The van der Waals surface area contributed by atoms with Crippen molar-refractivity contribution < 1.29 is 9.90 Å². The molecular weight excluding hydrogens is 256 g/mol. The molecule has 0 aliphatic carbocycles. The van der Waals surface area contributed by atoms with Crippen molar-refractivity contribution >= 4 is 5.91 Å². The monoisotopic (exact) mass is 272 g/mol. The van der Waals surface area contributed by atoms with Gasteiger partial charge in [-0.3, -0.25) is 14.5 Å². The third-order valence-corrected chi connectivity index (χ3v) is 3.44. The van der Waals surface area contributed by atoms with E-state index in [9.17, 15) is 4.79 Å². The first-order valence-electron chi connectivity index (χ1n) is 6.59. The van der Waals surface area contributed by atoms with Crippen molar-refractivity contribution in [2.24, 2.45) is 0 Å². The Bertz CT molecular complexity index is 609. The van der Waals surface area contributed by atoms with Crippen LogP contribution < -0.4 is 0 Å². The number of aromatic nitrogens is 3. The van der Waals surface area contributed by atoms with Crippen LogP contribution in [-0.2, 0) is 30.9 Å². The smallest absolute Gasteiger partial charge is 0.227 e. The van der Waals surface area contributed by atoms with Gasteiger partial charge in [0, 0.05) is 18.9 Å². The summed E-state index contributed by atoms with van der Waals surface area (Å²) in [6.07, 6.45) is 3.79. The fraction of sp³-hybridized carbons (Fsp3) is 0.357. The van der Waals surface area contributed by atoms with Gasteiger partial charge in [-0.1, -0.05) is 6.07 Å². The van der Waals surface area contributed by atoms with E-state index in [0.29, 0.717) is 31.7 Å². The van der Waals surface area contributed by atoms with Crippen LogP contribution in [0.15, 0.2) is 30.6 Å². The van der Waals surface area contributed by atoms with Crippen molar-refractivity contribution in [3.05, 3.63) is 47.5 Å². The van der Waals surface area contributed by atoms with Gasteiger partial charge in [0.1, 0.15) is 0 Å². The molecule has 0 atom stereocenters. The lowest BCUT2D eigenvalue weighted by Crippen LogP contribution is -2.39. The molecule has 0 aromatic carbocycles. The topological polar surface area (TPSA) is 71.2 Å². The van der Waals surface area contributed by atoms with E-state index in [2.05, 4.69) is 10.1 Å². The third-order valence-electron chi connectivity index (χ3n) is 3.44. The molecule has 1 N–H and O–H groups in total. The van der Waals surface area contributed by atoms with E-state index in [-0.39, 0.29) is 12.5 Å². The molecule has 0 spiro atoms. The molecule has 0 saturated heterocycles. The van der Waals surface area contributed by atoms with Crippen LogP contribution in [0.3, 0.4) is 0 Å². The largest absolute Gasteiger partial charge is 0.390 e. The summed E-state index contributed by atoms with van der Waals surface area (Å²) in [5.41, 5.74) is 2.55. The predicted octanol–water partition coefficient (Wildman–Crippen LogP) is 0.355. The lowest BCUT2D eigenvalue weighted by atomic mass is 10.2. The highest BCUT2D eigenvalue weighted by Gasteiger charge is 2.22. The number of fused-ring (bicyclic) bond motifs is 1. The Morgan fingerprint density at radius 1 is 1.40 bits per heavy atom. The van der Waals surface area contributed by atoms with Crippen molar-refractivity contribution in [3.63, 3.8) is 0 Å². The second-order valence-corrected chi connectivity index (χ2v) is 4.86. The number of nitrogens with zero attached hydrogens (tertiary/aromatic N) is 4. The maximum atomic E-state index is 12.3. The number of aliphatic hydroxyl groups is 1. The molecule has 2 aromatic rings. The van der Waals surface area contributed by atoms with Gasteiger partial charge in [-0.2, -0.15) is 5.10 Å². The van der Waals surface area contributed by atoms with Crippen molar-refractivity contribution in [2.45, 2.75) is 26.1 Å². The standard InChI is InChI=1S/C14H16N4O2/c19-10-12-7-13-9-17(4-5-18(13)16-12)14(20)6-11-2-1-3-15-8-11/h1-3,7-8,19H,4-6,9-10H2. The molecule has 0 fully saturated rings. The van der Waals surface area contributed by atoms with Crippen LogP contribution in [-0.4, -0.2) is 37.2 Å². The van der Waals surface area contributed by atoms with E-state index in [1.807, 2.05) is 27.8 Å². The Labute approximate surface area is 116 Å². The molecule has 1 aliphatic heterocycles. The van der Waals surface area contributed by atoms with E-state index in [0.717, 1.165) is 11.3 Å². The molecule has 6 heteroatoms. The highest BCUT2D eigenvalue weighted by Crippen LogP contribution is 2.15. The number of hydrogen-bond donors (Lipinski definition) is 1. The predicted molar refractivity (Wildman–Crippen MR) is 71.5 cm³/mol. The van der Waals surface area contributed by atoms with Crippen molar-refractivity contribution in [3.8, 4) is 0 Å². The van der Waals surface area contributed by atoms with Gasteiger partial charge in [-0.15, -0.1) is 0 Å². The SMILES string of the molecule is O=C(Cc1cccnc1)N1CCn2nc(CO)cc2C1. The Morgan fingerprint density at radius 2 is 2.30 bits per heavy atom. The fourth-order valence-corrected chi connectivity index (χ4v) is 2.41. The summed E-state index contributed by atoms with van der Waals surface area (Å²) in [5.74, 6) is 0.0935. The van der Waals surface area contributed by atoms with Crippen LogP contribution in [0.1, 0.15) is 17.0 Å². The van der Waals surface area contributed by atoms with Crippen LogP contribution in [0, 0.1) is 0 Å². The maximum Gasteiger partial charge on any atom is 0.227 e. The summed E-state index contributed by atoms with van der Waals surface area (Å²) < 4.78 is 1.86. The number of amides is 1. The molecule has 104 valence electrons. The minimum Gasteiger partial charge on any atom is -0.390 e. The molecule has 1 aliphatic rings. The number of rotatable bonds is 3. The zero-order chi connectivity index (χ0) is 13.9. The molecule has 2 aromatic heterocycles. The van der Waals surface area contributed by atoms with Crippen LogP contribution in [0.25, 0.3) is 0 Å². The highest BCUT2D eigenvalue weighted by atomic mass is 16.3. The Kier molecular flexibility index (Phi) is 3.47. The summed E-state index contributed by atoms with van der Waals surface area (Å²) in [6, 6.07) is 5.59. The second-order valence-electron chi connectivity index (χ2n) is 4.86. The Balaban J connectivity index is 1.68. The average Bonchev–Trinajstić information content (AvgIpc) is 2.90. The minimum atomic E-state index is -0.0658. The quantitative estimate of drug-likeness (QED) is 0.875. The van der Waals surface area contributed by atoms with Gasteiger partial charge in [0.2, 0.25) is 5.91 Å². The molecule has 0 bridgehead atoms.